The van der Waals surface area contributed by atoms with Crippen LogP contribution in [-0.4, -0.2) is 42.6 Å². The normalized spacial score (nSPS) is 20.8. The molecule has 0 aromatic heterocycles. The maximum absolute atomic E-state index is 13.5. The number of hydrogen-bond donors (Lipinski definition) is 1. The Hall–Kier alpha value is -0.580. The van der Waals surface area contributed by atoms with Crippen LogP contribution < -0.4 is 5.32 Å². The van der Waals surface area contributed by atoms with E-state index in [4.69, 9.17) is 0 Å². The lowest BCUT2D eigenvalue weighted by Crippen LogP contribution is -2.44. The molecule has 1 N–H and O–H groups in total. The van der Waals surface area contributed by atoms with Crippen LogP contribution in [0.3, 0.4) is 0 Å². The predicted octanol–water partition coefficient (Wildman–Crippen LogP) is 1.96. The number of halogens is 1. The van der Waals surface area contributed by atoms with Crippen LogP contribution in [0.2, 0.25) is 0 Å². The number of rotatable bonds is 4. The van der Waals surface area contributed by atoms with Gasteiger partial charge in [0.15, 0.2) is 0 Å². The average Bonchev–Trinajstić information content (AvgIpc) is 2.33. The number of thioether (sulfide) groups is 1. The molecule has 0 amide bonds. The molecule has 1 atom stereocenters. The average molecular weight is 254 g/mol. The molecule has 94 valence electrons. The van der Waals surface area contributed by atoms with Crippen LogP contribution in [0.5, 0.6) is 0 Å². The van der Waals surface area contributed by atoms with E-state index in [0.717, 1.165) is 24.4 Å². The second kappa shape index (κ2) is 6.38. The third-order valence-electron chi connectivity index (χ3n) is 2.93. The Kier molecular flexibility index (Phi) is 4.83. The molecule has 1 aliphatic heterocycles. The van der Waals surface area contributed by atoms with E-state index in [1.807, 2.05) is 30.9 Å². The summed E-state index contributed by atoms with van der Waals surface area (Å²) in [5.74, 6) is 2.25. The van der Waals surface area contributed by atoms with Gasteiger partial charge in [-0.3, -0.25) is 0 Å². The fourth-order valence-corrected chi connectivity index (χ4v) is 3.03. The van der Waals surface area contributed by atoms with Crippen LogP contribution in [0.25, 0.3) is 0 Å². The molecule has 4 heteroatoms. The Balaban J connectivity index is 1.84. The summed E-state index contributed by atoms with van der Waals surface area (Å²) in [6, 6.07) is 7.54. The molecule has 1 aromatic carbocycles. The summed E-state index contributed by atoms with van der Waals surface area (Å²) >= 11 is 1.99. The van der Waals surface area contributed by atoms with E-state index in [-0.39, 0.29) is 5.82 Å². The van der Waals surface area contributed by atoms with Gasteiger partial charge in [-0.2, -0.15) is 11.8 Å². The van der Waals surface area contributed by atoms with E-state index < -0.39 is 0 Å². The van der Waals surface area contributed by atoms with Crippen LogP contribution in [0, 0.1) is 5.82 Å². The van der Waals surface area contributed by atoms with E-state index in [1.165, 1.54) is 11.8 Å². The van der Waals surface area contributed by atoms with Gasteiger partial charge in [-0.1, -0.05) is 18.2 Å². The maximum Gasteiger partial charge on any atom is 0.127 e. The number of likely N-dealkylation sites (N-methyl/N-ethyl adjacent to an activating group) is 1. The second-order valence-corrected chi connectivity index (χ2v) is 5.66. The molecular formula is C13H19FN2S. The topological polar surface area (TPSA) is 15.3 Å². The van der Waals surface area contributed by atoms with Gasteiger partial charge in [0.1, 0.15) is 5.82 Å². The van der Waals surface area contributed by atoms with Gasteiger partial charge in [0.05, 0.1) is 0 Å². The fourth-order valence-electron chi connectivity index (χ4n) is 2.10. The lowest BCUT2D eigenvalue weighted by molar-refractivity contribution is 0.288. The number of nitrogens with one attached hydrogen (secondary N) is 1. The summed E-state index contributed by atoms with van der Waals surface area (Å²) in [6.07, 6.45) is 0. The summed E-state index contributed by atoms with van der Waals surface area (Å²) in [4.78, 5) is 2.18. The number of benzene rings is 1. The minimum absolute atomic E-state index is 0.106. The molecular weight excluding hydrogens is 235 g/mol. The SMILES string of the molecule is CN(Cc1ccccc1F)CC1CSCCN1. The van der Waals surface area contributed by atoms with Crippen molar-refractivity contribution in [3.05, 3.63) is 35.6 Å². The molecule has 1 fully saturated rings. The standard InChI is InChI=1S/C13H19FN2S/c1-16(9-12-10-17-7-6-15-12)8-11-4-2-3-5-13(11)14/h2-5,12,15H,6-10H2,1H3. The molecule has 0 aliphatic carbocycles. The van der Waals surface area contributed by atoms with Crippen molar-refractivity contribution in [2.75, 3.05) is 31.6 Å². The lowest BCUT2D eigenvalue weighted by Gasteiger charge is -2.28. The summed E-state index contributed by atoms with van der Waals surface area (Å²) in [5, 5.41) is 3.49. The molecule has 1 saturated heterocycles. The lowest BCUT2D eigenvalue weighted by atomic mass is 10.2. The van der Waals surface area contributed by atoms with Crippen molar-refractivity contribution >= 4 is 11.8 Å². The largest absolute Gasteiger partial charge is 0.311 e. The van der Waals surface area contributed by atoms with Gasteiger partial charge in [0, 0.05) is 42.7 Å². The first-order valence-corrected chi connectivity index (χ1v) is 7.14. The first kappa shape index (κ1) is 12.9. The molecule has 1 unspecified atom stereocenters. The molecule has 0 radical (unpaired) electrons. The summed E-state index contributed by atoms with van der Waals surface area (Å²) < 4.78 is 13.5. The smallest absolute Gasteiger partial charge is 0.127 e. The van der Waals surface area contributed by atoms with Gasteiger partial charge >= 0.3 is 0 Å². The highest BCUT2D eigenvalue weighted by Crippen LogP contribution is 2.12. The zero-order valence-electron chi connectivity index (χ0n) is 10.2. The Morgan fingerprint density at radius 3 is 3.00 bits per heavy atom. The quantitative estimate of drug-likeness (QED) is 0.884. The van der Waals surface area contributed by atoms with Gasteiger partial charge in [-0.05, 0) is 13.1 Å². The minimum Gasteiger partial charge on any atom is -0.311 e. The molecule has 1 aliphatic rings. The van der Waals surface area contributed by atoms with Gasteiger partial charge in [0.25, 0.3) is 0 Å². The van der Waals surface area contributed by atoms with Crippen molar-refractivity contribution in [1.82, 2.24) is 10.2 Å². The molecule has 17 heavy (non-hydrogen) atoms. The van der Waals surface area contributed by atoms with Crippen molar-refractivity contribution in [1.29, 1.82) is 0 Å². The van der Waals surface area contributed by atoms with Gasteiger partial charge in [-0.15, -0.1) is 0 Å². The van der Waals surface area contributed by atoms with Crippen LogP contribution in [0.15, 0.2) is 24.3 Å². The van der Waals surface area contributed by atoms with Crippen LogP contribution in [0.4, 0.5) is 4.39 Å². The van der Waals surface area contributed by atoms with Crippen LogP contribution >= 0.6 is 11.8 Å². The van der Waals surface area contributed by atoms with Crippen molar-refractivity contribution in [3.63, 3.8) is 0 Å². The van der Waals surface area contributed by atoms with E-state index in [1.54, 1.807) is 6.07 Å². The molecule has 2 nitrogen and oxygen atoms in total. The van der Waals surface area contributed by atoms with E-state index in [0.29, 0.717) is 12.6 Å². The third-order valence-corrected chi connectivity index (χ3v) is 4.06. The van der Waals surface area contributed by atoms with Crippen LogP contribution in [0.1, 0.15) is 5.56 Å². The van der Waals surface area contributed by atoms with Crippen molar-refractivity contribution in [2.45, 2.75) is 12.6 Å². The summed E-state index contributed by atoms with van der Waals surface area (Å²) in [5.41, 5.74) is 0.776. The van der Waals surface area contributed by atoms with E-state index >= 15 is 0 Å². The molecule has 0 spiro atoms. The maximum atomic E-state index is 13.5. The number of hydrogen-bond acceptors (Lipinski definition) is 3. The molecule has 0 saturated carbocycles. The highest BCUT2D eigenvalue weighted by molar-refractivity contribution is 7.99. The Bertz CT molecular complexity index is 353. The molecule has 0 bridgehead atoms. The van der Waals surface area contributed by atoms with Crippen molar-refractivity contribution in [3.8, 4) is 0 Å². The minimum atomic E-state index is -0.106. The highest BCUT2D eigenvalue weighted by Gasteiger charge is 2.15. The number of nitrogens with zero attached hydrogens (tertiary/aromatic N) is 1. The van der Waals surface area contributed by atoms with Gasteiger partial charge in [-0.25, -0.2) is 4.39 Å². The molecule has 1 aromatic rings. The van der Waals surface area contributed by atoms with Gasteiger partial charge in [0.2, 0.25) is 0 Å². The Morgan fingerprint density at radius 2 is 2.29 bits per heavy atom. The van der Waals surface area contributed by atoms with E-state index in [2.05, 4.69) is 10.2 Å². The molecule has 2 rings (SSSR count). The van der Waals surface area contributed by atoms with E-state index in [9.17, 15) is 4.39 Å². The Labute approximate surface area is 107 Å². The first-order valence-electron chi connectivity index (χ1n) is 5.99. The van der Waals surface area contributed by atoms with Gasteiger partial charge < -0.3 is 10.2 Å². The highest BCUT2D eigenvalue weighted by atomic mass is 32.2. The zero-order chi connectivity index (χ0) is 12.1. The van der Waals surface area contributed by atoms with Crippen molar-refractivity contribution in [2.24, 2.45) is 0 Å². The van der Waals surface area contributed by atoms with Crippen molar-refractivity contribution < 1.29 is 4.39 Å². The zero-order valence-corrected chi connectivity index (χ0v) is 11.0. The first-order chi connectivity index (χ1) is 8.25. The van der Waals surface area contributed by atoms with Crippen LogP contribution in [-0.2, 0) is 6.54 Å². The second-order valence-electron chi connectivity index (χ2n) is 4.51. The Morgan fingerprint density at radius 1 is 1.47 bits per heavy atom. The summed E-state index contributed by atoms with van der Waals surface area (Å²) in [7, 11) is 2.05. The summed E-state index contributed by atoms with van der Waals surface area (Å²) in [6.45, 7) is 2.74. The third kappa shape index (κ3) is 3.98. The molecule has 1 heterocycles. The predicted molar refractivity (Wildman–Crippen MR) is 71.8 cm³/mol. The fraction of sp³-hybridized carbons (Fsp3) is 0.538. The monoisotopic (exact) mass is 254 g/mol.